The molecule has 1 aliphatic heterocycles. The van der Waals surface area contributed by atoms with Crippen molar-refractivity contribution in [3.05, 3.63) is 29.8 Å². The van der Waals surface area contributed by atoms with Gasteiger partial charge in [-0.15, -0.1) is 0 Å². The summed E-state index contributed by atoms with van der Waals surface area (Å²) in [6, 6.07) is 5.40. The van der Waals surface area contributed by atoms with Crippen LogP contribution in [0.15, 0.2) is 29.2 Å². The second-order valence-electron chi connectivity index (χ2n) is 6.23. The van der Waals surface area contributed by atoms with E-state index in [1.54, 1.807) is 6.92 Å². The van der Waals surface area contributed by atoms with Gasteiger partial charge in [0.05, 0.1) is 25.7 Å². The van der Waals surface area contributed by atoms with E-state index >= 15 is 0 Å². The molecule has 29 heavy (non-hydrogen) atoms. The number of hydrogen-bond donors (Lipinski definition) is 0. The van der Waals surface area contributed by atoms with E-state index in [9.17, 15) is 27.6 Å². The minimum atomic E-state index is -4.73. The Bertz CT molecular complexity index is 921. The number of amides is 1. The third-order valence-corrected chi connectivity index (χ3v) is 6.39. The third kappa shape index (κ3) is 3.46. The van der Waals surface area contributed by atoms with Gasteiger partial charge in [-0.1, -0.05) is 17.7 Å². The van der Waals surface area contributed by atoms with Crippen LogP contribution in [-0.4, -0.2) is 62.9 Å². The molecule has 1 fully saturated rings. The lowest BCUT2D eigenvalue weighted by atomic mass is 9.85. The fourth-order valence-corrected chi connectivity index (χ4v) is 4.91. The zero-order chi connectivity index (χ0) is 22.0. The number of rotatable bonds is 6. The van der Waals surface area contributed by atoms with E-state index in [2.05, 4.69) is 9.47 Å². The molecule has 1 saturated heterocycles. The Morgan fingerprint density at radius 2 is 1.62 bits per heavy atom. The van der Waals surface area contributed by atoms with Gasteiger partial charge in [-0.25, -0.2) is 22.3 Å². The molecule has 2 rings (SSSR count). The van der Waals surface area contributed by atoms with Crippen molar-refractivity contribution in [1.82, 2.24) is 4.31 Å². The molecule has 0 unspecified atom stereocenters. The van der Waals surface area contributed by atoms with E-state index in [0.717, 1.165) is 19.8 Å². The molecule has 0 radical (unpaired) electrons. The van der Waals surface area contributed by atoms with E-state index in [-0.39, 0.29) is 15.8 Å². The van der Waals surface area contributed by atoms with Crippen LogP contribution in [0.1, 0.15) is 18.9 Å². The number of sulfonamides is 1. The van der Waals surface area contributed by atoms with Crippen LogP contribution in [0.5, 0.6) is 0 Å². The SMILES string of the molecule is CCOC(=O)[C@@H]1CC(=O)N(S(=O)(=O)c2ccc(C)cc2)C1(C(=O)OC)C(=O)OC. The highest BCUT2D eigenvalue weighted by molar-refractivity contribution is 7.89. The van der Waals surface area contributed by atoms with Gasteiger partial charge in [0, 0.05) is 6.42 Å². The number of carbonyl (C=O) groups is 4. The Morgan fingerprint density at radius 3 is 2.07 bits per heavy atom. The molecule has 0 N–H and O–H groups in total. The van der Waals surface area contributed by atoms with Crippen LogP contribution in [0.3, 0.4) is 0 Å². The van der Waals surface area contributed by atoms with Gasteiger partial charge in [0.1, 0.15) is 5.92 Å². The monoisotopic (exact) mass is 427 g/mol. The molecule has 0 aliphatic carbocycles. The van der Waals surface area contributed by atoms with Crippen molar-refractivity contribution in [3.63, 3.8) is 0 Å². The maximum Gasteiger partial charge on any atom is 0.345 e. The second-order valence-corrected chi connectivity index (χ2v) is 8.02. The molecule has 0 saturated carbocycles. The molecule has 0 spiro atoms. The molecule has 158 valence electrons. The summed E-state index contributed by atoms with van der Waals surface area (Å²) in [4.78, 5) is 50.4. The Hall–Kier alpha value is -2.95. The Morgan fingerprint density at radius 1 is 1.10 bits per heavy atom. The molecule has 1 aromatic rings. The smallest absolute Gasteiger partial charge is 0.345 e. The van der Waals surface area contributed by atoms with Gasteiger partial charge in [-0.2, -0.15) is 0 Å². The molecular formula is C18H21NO9S. The summed E-state index contributed by atoms with van der Waals surface area (Å²) in [6.07, 6.45) is -0.756. The van der Waals surface area contributed by atoms with Crippen LogP contribution < -0.4 is 0 Å². The van der Waals surface area contributed by atoms with Crippen LogP contribution in [0, 0.1) is 12.8 Å². The number of benzene rings is 1. The number of carbonyl (C=O) groups excluding carboxylic acids is 4. The molecule has 0 bridgehead atoms. The fraction of sp³-hybridized carbons (Fsp3) is 0.444. The summed E-state index contributed by atoms with van der Waals surface area (Å²) in [7, 11) is -2.93. The van der Waals surface area contributed by atoms with Crippen molar-refractivity contribution < 1.29 is 41.8 Å². The van der Waals surface area contributed by atoms with Crippen LogP contribution >= 0.6 is 0 Å². The minimum absolute atomic E-state index is 0.0872. The van der Waals surface area contributed by atoms with E-state index in [1.807, 2.05) is 0 Å². The first-order valence-electron chi connectivity index (χ1n) is 8.57. The lowest BCUT2D eigenvalue weighted by molar-refractivity contribution is -0.176. The number of esters is 3. The van der Waals surface area contributed by atoms with Crippen LogP contribution in [-0.2, 0) is 43.4 Å². The molecule has 0 aromatic heterocycles. The van der Waals surface area contributed by atoms with Gasteiger partial charge in [-0.05, 0) is 26.0 Å². The molecule has 10 nitrogen and oxygen atoms in total. The lowest BCUT2D eigenvalue weighted by Gasteiger charge is -2.34. The Balaban J connectivity index is 2.81. The predicted octanol–water partition coefficient (Wildman–Crippen LogP) is 0.180. The molecule has 1 heterocycles. The van der Waals surface area contributed by atoms with Crippen molar-refractivity contribution in [3.8, 4) is 0 Å². The standard InChI is InChI=1S/C18H21NO9S/c1-5-28-15(21)13-10-14(20)19(18(13,16(22)26-3)17(23)27-4)29(24,25)12-8-6-11(2)7-9-12/h6-9,13H,5,10H2,1-4H3/t13-/m0/s1. The largest absolute Gasteiger partial charge is 0.467 e. The number of aryl methyl sites for hydroxylation is 1. The van der Waals surface area contributed by atoms with Gasteiger partial charge < -0.3 is 14.2 Å². The molecule has 1 atom stereocenters. The molecule has 11 heteroatoms. The number of methoxy groups -OCH3 is 2. The zero-order valence-electron chi connectivity index (χ0n) is 16.3. The minimum Gasteiger partial charge on any atom is -0.467 e. The van der Waals surface area contributed by atoms with Gasteiger partial charge in [0.2, 0.25) is 5.91 Å². The van der Waals surface area contributed by atoms with Crippen LogP contribution in [0.2, 0.25) is 0 Å². The summed E-state index contributed by atoms with van der Waals surface area (Å²) in [5.41, 5.74) is -2.13. The maximum atomic E-state index is 13.3. The first-order chi connectivity index (χ1) is 13.6. The number of nitrogens with zero attached hydrogens (tertiary/aromatic N) is 1. The Labute approximate surface area is 167 Å². The average molecular weight is 427 g/mol. The summed E-state index contributed by atoms with van der Waals surface area (Å²) in [5, 5.41) is 0. The quantitative estimate of drug-likeness (QED) is 0.354. The zero-order valence-corrected chi connectivity index (χ0v) is 17.1. The second kappa shape index (κ2) is 8.19. The normalized spacial score (nSPS) is 18.3. The van der Waals surface area contributed by atoms with Crippen molar-refractivity contribution in [2.75, 3.05) is 20.8 Å². The first-order valence-corrected chi connectivity index (χ1v) is 10.0. The highest BCUT2D eigenvalue weighted by atomic mass is 32.2. The molecular weight excluding hydrogens is 406 g/mol. The van der Waals surface area contributed by atoms with E-state index in [0.29, 0.717) is 0 Å². The van der Waals surface area contributed by atoms with Gasteiger partial charge in [0.15, 0.2) is 0 Å². The summed E-state index contributed by atoms with van der Waals surface area (Å²) >= 11 is 0. The highest BCUT2D eigenvalue weighted by Gasteiger charge is 2.71. The van der Waals surface area contributed by atoms with E-state index in [1.165, 1.54) is 31.2 Å². The van der Waals surface area contributed by atoms with E-state index in [4.69, 9.17) is 4.74 Å². The van der Waals surface area contributed by atoms with Crippen molar-refractivity contribution >= 4 is 33.8 Å². The predicted molar refractivity (Wildman–Crippen MR) is 96.7 cm³/mol. The van der Waals surface area contributed by atoms with Crippen molar-refractivity contribution in [2.45, 2.75) is 30.7 Å². The average Bonchev–Trinajstić information content (AvgIpc) is 3.02. The number of ether oxygens (including phenoxy) is 3. The van der Waals surface area contributed by atoms with Gasteiger partial charge in [0.25, 0.3) is 15.6 Å². The van der Waals surface area contributed by atoms with Crippen molar-refractivity contribution in [2.24, 2.45) is 5.92 Å². The summed E-state index contributed by atoms with van der Waals surface area (Å²) in [6.45, 7) is 3.08. The fourth-order valence-electron chi connectivity index (χ4n) is 3.22. The first kappa shape index (κ1) is 22.3. The molecule has 1 aromatic carbocycles. The maximum absolute atomic E-state index is 13.3. The van der Waals surface area contributed by atoms with Gasteiger partial charge >= 0.3 is 17.9 Å². The lowest BCUT2D eigenvalue weighted by Crippen LogP contribution is -2.64. The van der Waals surface area contributed by atoms with Crippen molar-refractivity contribution in [1.29, 1.82) is 0 Å². The topological polar surface area (TPSA) is 133 Å². The molecule has 1 aliphatic rings. The summed E-state index contributed by atoms with van der Waals surface area (Å²) < 4.78 is 40.8. The molecule has 1 amide bonds. The third-order valence-electron chi connectivity index (χ3n) is 4.55. The highest BCUT2D eigenvalue weighted by Crippen LogP contribution is 2.42. The Kier molecular flexibility index (Phi) is 6.31. The van der Waals surface area contributed by atoms with Gasteiger partial charge in [-0.3, -0.25) is 9.59 Å². The number of hydrogen-bond acceptors (Lipinski definition) is 9. The van der Waals surface area contributed by atoms with Crippen LogP contribution in [0.25, 0.3) is 0 Å². The van der Waals surface area contributed by atoms with E-state index < -0.39 is 51.7 Å². The summed E-state index contributed by atoms with van der Waals surface area (Å²) in [5.74, 6) is -6.86. The van der Waals surface area contributed by atoms with Crippen LogP contribution in [0.4, 0.5) is 0 Å².